The Kier molecular flexibility index (Phi) is 8.24. The molecule has 0 amide bonds. The number of hydrogen-bond acceptors (Lipinski definition) is 4. The monoisotopic (exact) mass is 311 g/mol. The zero-order chi connectivity index (χ0) is 15.6. The third kappa shape index (κ3) is 6.66. The van der Waals surface area contributed by atoms with Crippen LogP contribution in [0.4, 0.5) is 0 Å². The molecule has 2 fully saturated rings. The van der Waals surface area contributed by atoms with Gasteiger partial charge in [-0.05, 0) is 63.8 Å². The second kappa shape index (κ2) is 10.2. The minimum atomic E-state index is -0.0981. The Balaban J connectivity index is 1.47. The lowest BCUT2D eigenvalue weighted by Gasteiger charge is -2.29. The van der Waals surface area contributed by atoms with Crippen molar-refractivity contribution in [1.82, 2.24) is 5.32 Å². The molecule has 0 radical (unpaired) electrons. The smallest absolute Gasteiger partial charge is 0.307 e. The van der Waals surface area contributed by atoms with Gasteiger partial charge in [0, 0.05) is 13.2 Å². The largest absolute Gasteiger partial charge is 0.466 e. The quantitative estimate of drug-likeness (QED) is 0.524. The van der Waals surface area contributed by atoms with E-state index in [-0.39, 0.29) is 5.97 Å². The lowest BCUT2D eigenvalue weighted by Crippen LogP contribution is -2.31. The molecule has 4 nitrogen and oxygen atoms in total. The minimum Gasteiger partial charge on any atom is -0.466 e. The molecule has 0 atom stereocenters. The van der Waals surface area contributed by atoms with Crippen molar-refractivity contribution in [2.45, 2.75) is 70.8 Å². The lowest BCUT2D eigenvalue weighted by atomic mass is 9.87. The average molecular weight is 311 g/mol. The first-order valence-corrected chi connectivity index (χ1v) is 9.26. The van der Waals surface area contributed by atoms with Gasteiger partial charge in [-0.1, -0.05) is 12.8 Å². The maximum atomic E-state index is 11.2. The zero-order valence-electron chi connectivity index (χ0n) is 14.1. The van der Waals surface area contributed by atoms with Gasteiger partial charge >= 0.3 is 5.97 Å². The summed E-state index contributed by atoms with van der Waals surface area (Å²) in [6.07, 6.45) is 11.4. The van der Waals surface area contributed by atoms with Crippen LogP contribution in [0.25, 0.3) is 0 Å². The Bertz CT molecular complexity index is 307. The van der Waals surface area contributed by atoms with Gasteiger partial charge < -0.3 is 14.8 Å². The van der Waals surface area contributed by atoms with Gasteiger partial charge in [0.25, 0.3) is 0 Å². The van der Waals surface area contributed by atoms with Gasteiger partial charge in [0.1, 0.15) is 0 Å². The van der Waals surface area contributed by atoms with Crippen molar-refractivity contribution < 1.29 is 14.3 Å². The lowest BCUT2D eigenvalue weighted by molar-refractivity contribution is -0.142. The highest BCUT2D eigenvalue weighted by Crippen LogP contribution is 2.29. The molecule has 0 spiro atoms. The number of carbonyl (C=O) groups excluding carboxylic acids is 1. The van der Waals surface area contributed by atoms with Crippen LogP contribution in [-0.4, -0.2) is 38.4 Å². The predicted molar refractivity (Wildman–Crippen MR) is 87.8 cm³/mol. The molecule has 2 aliphatic carbocycles. The van der Waals surface area contributed by atoms with Crippen molar-refractivity contribution in [3.63, 3.8) is 0 Å². The zero-order valence-corrected chi connectivity index (χ0v) is 14.1. The summed E-state index contributed by atoms with van der Waals surface area (Å²) in [7, 11) is 0. The van der Waals surface area contributed by atoms with Crippen LogP contribution in [0.3, 0.4) is 0 Å². The Labute approximate surface area is 135 Å². The number of ether oxygens (including phenoxy) is 2. The fourth-order valence-electron chi connectivity index (χ4n) is 3.68. The fraction of sp³-hybridized carbons (Fsp3) is 0.944. The maximum Gasteiger partial charge on any atom is 0.307 e. The molecule has 128 valence electrons. The molecule has 0 heterocycles. The summed E-state index contributed by atoms with van der Waals surface area (Å²) < 4.78 is 11.0. The van der Waals surface area contributed by atoms with E-state index in [0.29, 0.717) is 19.1 Å². The highest BCUT2D eigenvalue weighted by atomic mass is 16.5. The molecule has 2 saturated carbocycles. The molecule has 0 saturated heterocycles. The Hall–Kier alpha value is -0.610. The first-order valence-electron chi connectivity index (χ1n) is 9.26. The second-order valence-corrected chi connectivity index (χ2v) is 6.89. The van der Waals surface area contributed by atoms with Crippen LogP contribution >= 0.6 is 0 Å². The van der Waals surface area contributed by atoms with Crippen molar-refractivity contribution in [1.29, 1.82) is 0 Å². The minimum absolute atomic E-state index is 0.0981. The summed E-state index contributed by atoms with van der Waals surface area (Å²) in [6, 6.07) is 0. The van der Waals surface area contributed by atoms with E-state index in [0.717, 1.165) is 31.5 Å². The standard InChI is InChI=1S/C18H33NO3/c1-2-21-18(20)11-12-19-13-15-7-9-17(10-8-15)22-14-16-5-3-4-6-16/h15-17,19H,2-14H2,1H3. The highest BCUT2D eigenvalue weighted by Gasteiger charge is 2.23. The van der Waals surface area contributed by atoms with Gasteiger partial charge in [0.2, 0.25) is 0 Å². The maximum absolute atomic E-state index is 11.2. The summed E-state index contributed by atoms with van der Waals surface area (Å²) in [5.74, 6) is 1.48. The number of esters is 1. The number of nitrogens with one attached hydrogen (secondary N) is 1. The van der Waals surface area contributed by atoms with Crippen LogP contribution in [0.5, 0.6) is 0 Å². The van der Waals surface area contributed by atoms with E-state index in [2.05, 4.69) is 5.32 Å². The van der Waals surface area contributed by atoms with Crippen LogP contribution in [-0.2, 0) is 14.3 Å². The fourth-order valence-corrected chi connectivity index (χ4v) is 3.68. The summed E-state index contributed by atoms with van der Waals surface area (Å²) in [5, 5.41) is 3.39. The van der Waals surface area contributed by atoms with E-state index < -0.39 is 0 Å². The number of carbonyl (C=O) groups is 1. The molecule has 0 unspecified atom stereocenters. The Morgan fingerprint density at radius 2 is 1.77 bits per heavy atom. The van der Waals surface area contributed by atoms with E-state index in [1.807, 2.05) is 6.92 Å². The Morgan fingerprint density at radius 3 is 2.45 bits per heavy atom. The SMILES string of the molecule is CCOC(=O)CCNCC1CCC(OCC2CCCC2)CC1. The molecule has 0 bridgehead atoms. The number of hydrogen-bond donors (Lipinski definition) is 1. The first kappa shape index (κ1) is 17.7. The van der Waals surface area contributed by atoms with Crippen molar-refractivity contribution in [2.24, 2.45) is 11.8 Å². The van der Waals surface area contributed by atoms with E-state index in [1.165, 1.54) is 51.4 Å². The molecule has 22 heavy (non-hydrogen) atoms. The van der Waals surface area contributed by atoms with Crippen LogP contribution in [0.15, 0.2) is 0 Å². The molecule has 1 N–H and O–H groups in total. The summed E-state index contributed by atoms with van der Waals surface area (Å²) in [4.78, 5) is 11.2. The molecule has 2 rings (SSSR count). The number of rotatable bonds is 9. The van der Waals surface area contributed by atoms with Gasteiger partial charge in [-0.15, -0.1) is 0 Å². The van der Waals surface area contributed by atoms with E-state index >= 15 is 0 Å². The molecule has 2 aliphatic rings. The molecular formula is C18H33NO3. The summed E-state index contributed by atoms with van der Waals surface area (Å²) >= 11 is 0. The summed E-state index contributed by atoms with van der Waals surface area (Å²) in [5.41, 5.74) is 0. The first-order chi connectivity index (χ1) is 10.8. The molecule has 0 aromatic rings. The third-order valence-corrected chi connectivity index (χ3v) is 5.08. The van der Waals surface area contributed by atoms with E-state index in [4.69, 9.17) is 9.47 Å². The average Bonchev–Trinajstić information content (AvgIpc) is 3.04. The van der Waals surface area contributed by atoms with Gasteiger partial charge in [0.05, 0.1) is 19.1 Å². The van der Waals surface area contributed by atoms with Crippen molar-refractivity contribution in [3.05, 3.63) is 0 Å². The van der Waals surface area contributed by atoms with E-state index in [9.17, 15) is 4.79 Å². The summed E-state index contributed by atoms with van der Waals surface area (Å²) in [6.45, 7) is 5.07. The third-order valence-electron chi connectivity index (χ3n) is 5.08. The molecule has 0 aromatic carbocycles. The van der Waals surface area contributed by atoms with Crippen LogP contribution < -0.4 is 5.32 Å². The van der Waals surface area contributed by atoms with Crippen molar-refractivity contribution in [3.8, 4) is 0 Å². The van der Waals surface area contributed by atoms with Gasteiger partial charge in [-0.2, -0.15) is 0 Å². The van der Waals surface area contributed by atoms with Crippen molar-refractivity contribution in [2.75, 3.05) is 26.3 Å². The molecule has 4 heteroatoms. The molecule has 0 aromatic heterocycles. The van der Waals surface area contributed by atoms with Gasteiger partial charge in [0.15, 0.2) is 0 Å². The second-order valence-electron chi connectivity index (χ2n) is 6.89. The van der Waals surface area contributed by atoms with Crippen LogP contribution in [0.2, 0.25) is 0 Å². The topological polar surface area (TPSA) is 47.6 Å². The Morgan fingerprint density at radius 1 is 1.05 bits per heavy atom. The van der Waals surface area contributed by atoms with Crippen LogP contribution in [0.1, 0.15) is 64.7 Å². The highest BCUT2D eigenvalue weighted by molar-refractivity contribution is 5.69. The molecular weight excluding hydrogens is 278 g/mol. The predicted octanol–water partition coefficient (Wildman–Crippen LogP) is 3.29. The van der Waals surface area contributed by atoms with Gasteiger partial charge in [-0.25, -0.2) is 0 Å². The van der Waals surface area contributed by atoms with Gasteiger partial charge in [-0.3, -0.25) is 4.79 Å². The molecule has 0 aliphatic heterocycles. The van der Waals surface area contributed by atoms with Crippen molar-refractivity contribution >= 4 is 5.97 Å². The normalized spacial score (nSPS) is 26.2. The van der Waals surface area contributed by atoms with Crippen LogP contribution in [0, 0.1) is 11.8 Å². The van der Waals surface area contributed by atoms with E-state index in [1.54, 1.807) is 0 Å².